The zero-order chi connectivity index (χ0) is 13.4. The second-order valence-electron chi connectivity index (χ2n) is 3.46. The second-order valence-corrected chi connectivity index (χ2v) is 3.46. The Morgan fingerprint density at radius 1 is 1.44 bits per heavy atom. The Morgan fingerprint density at radius 3 is 2.89 bits per heavy atom. The number of urea groups is 1. The van der Waals surface area contributed by atoms with Crippen LogP contribution in [0.25, 0.3) is 0 Å². The summed E-state index contributed by atoms with van der Waals surface area (Å²) in [7, 11) is 0. The highest BCUT2D eigenvalue weighted by Gasteiger charge is 2.07. The number of carbonyl (C=O) groups is 1. The first-order valence-corrected chi connectivity index (χ1v) is 5.31. The molecule has 1 aromatic rings. The van der Waals surface area contributed by atoms with Crippen LogP contribution in [0.5, 0.6) is 0 Å². The molecule has 7 N–H and O–H groups in total. The van der Waals surface area contributed by atoms with Crippen molar-refractivity contribution in [1.29, 1.82) is 0 Å². The summed E-state index contributed by atoms with van der Waals surface area (Å²) < 4.78 is 0. The summed E-state index contributed by atoms with van der Waals surface area (Å²) in [5, 5.41) is 17.1. The molecule has 0 fully saturated rings. The number of hydrogen-bond donors (Lipinski definition) is 5. The molecule has 0 saturated carbocycles. The maximum absolute atomic E-state index is 10.4. The molecular weight excluding hydrogens is 236 g/mol. The van der Waals surface area contributed by atoms with E-state index in [2.05, 4.69) is 20.8 Å². The lowest BCUT2D eigenvalue weighted by Gasteiger charge is -2.08. The van der Waals surface area contributed by atoms with Gasteiger partial charge in [0.2, 0.25) is 0 Å². The van der Waals surface area contributed by atoms with Gasteiger partial charge in [0, 0.05) is 25.8 Å². The summed E-state index contributed by atoms with van der Waals surface area (Å²) in [6, 6.07) is 3.01. The van der Waals surface area contributed by atoms with Crippen molar-refractivity contribution in [1.82, 2.24) is 15.6 Å². The van der Waals surface area contributed by atoms with E-state index in [1.807, 2.05) is 6.07 Å². The lowest BCUT2D eigenvalue weighted by atomic mass is 10.2. The molecule has 0 aliphatic carbocycles. The monoisotopic (exact) mass is 252 g/mol. The van der Waals surface area contributed by atoms with Gasteiger partial charge in [-0.2, -0.15) is 0 Å². The SMILES string of the molecule is NC(=O)NCCNCc1cccnc1/C(N)=N/O. The maximum Gasteiger partial charge on any atom is 0.312 e. The van der Waals surface area contributed by atoms with Crippen LogP contribution in [-0.4, -0.2) is 35.1 Å². The smallest absolute Gasteiger partial charge is 0.312 e. The third-order valence-corrected chi connectivity index (χ3v) is 2.16. The van der Waals surface area contributed by atoms with Crippen LogP contribution in [0.3, 0.4) is 0 Å². The van der Waals surface area contributed by atoms with Crippen LogP contribution < -0.4 is 22.1 Å². The van der Waals surface area contributed by atoms with Crippen molar-refractivity contribution in [3.8, 4) is 0 Å². The molecule has 8 nitrogen and oxygen atoms in total. The number of primary amides is 1. The third kappa shape index (κ3) is 4.26. The van der Waals surface area contributed by atoms with Gasteiger partial charge in [0.15, 0.2) is 5.84 Å². The highest BCUT2D eigenvalue weighted by molar-refractivity contribution is 5.96. The zero-order valence-corrected chi connectivity index (χ0v) is 9.76. The molecule has 0 unspecified atom stereocenters. The van der Waals surface area contributed by atoms with E-state index in [9.17, 15) is 4.79 Å². The minimum absolute atomic E-state index is 0.0392. The summed E-state index contributed by atoms with van der Waals surface area (Å²) in [5.41, 5.74) is 11.6. The van der Waals surface area contributed by atoms with Crippen LogP contribution >= 0.6 is 0 Å². The minimum atomic E-state index is -0.560. The van der Waals surface area contributed by atoms with Crippen LogP contribution in [0.2, 0.25) is 0 Å². The average molecular weight is 252 g/mol. The normalized spacial score (nSPS) is 11.2. The Balaban J connectivity index is 2.49. The summed E-state index contributed by atoms with van der Waals surface area (Å²) in [6.07, 6.45) is 1.56. The fourth-order valence-electron chi connectivity index (χ4n) is 1.36. The summed E-state index contributed by atoms with van der Waals surface area (Å²) in [6.45, 7) is 1.46. The highest BCUT2D eigenvalue weighted by atomic mass is 16.4. The average Bonchev–Trinajstić information content (AvgIpc) is 2.37. The Bertz CT molecular complexity index is 434. The number of pyridine rings is 1. The van der Waals surface area contributed by atoms with Crippen molar-refractivity contribution >= 4 is 11.9 Å². The largest absolute Gasteiger partial charge is 0.409 e. The quantitative estimate of drug-likeness (QED) is 0.144. The van der Waals surface area contributed by atoms with E-state index < -0.39 is 6.03 Å². The second kappa shape index (κ2) is 7.07. The van der Waals surface area contributed by atoms with Gasteiger partial charge in [-0.3, -0.25) is 4.98 Å². The van der Waals surface area contributed by atoms with E-state index in [0.29, 0.717) is 25.3 Å². The molecule has 0 aliphatic rings. The highest BCUT2D eigenvalue weighted by Crippen LogP contribution is 2.04. The summed E-state index contributed by atoms with van der Waals surface area (Å²) in [4.78, 5) is 14.5. The molecular formula is C10H16N6O2. The minimum Gasteiger partial charge on any atom is -0.409 e. The van der Waals surface area contributed by atoms with Gasteiger partial charge in [0.25, 0.3) is 0 Å². The molecule has 0 radical (unpaired) electrons. The number of rotatable bonds is 6. The lowest BCUT2D eigenvalue weighted by Crippen LogP contribution is -2.35. The van der Waals surface area contributed by atoms with Crippen LogP contribution in [0.15, 0.2) is 23.5 Å². The number of amidine groups is 1. The van der Waals surface area contributed by atoms with Gasteiger partial charge in [0.05, 0.1) is 0 Å². The Labute approximate surface area is 104 Å². The van der Waals surface area contributed by atoms with Crippen molar-refractivity contribution in [2.45, 2.75) is 6.54 Å². The van der Waals surface area contributed by atoms with Gasteiger partial charge < -0.3 is 27.3 Å². The maximum atomic E-state index is 10.4. The standard InChI is InChI=1S/C10H16N6O2/c11-9(16-18)8-7(2-1-3-14-8)6-13-4-5-15-10(12)17/h1-3,13,18H,4-6H2,(H2,11,16)(H3,12,15,17). The molecule has 18 heavy (non-hydrogen) atoms. The van der Waals surface area contributed by atoms with Crippen LogP contribution in [0.4, 0.5) is 4.79 Å². The van der Waals surface area contributed by atoms with Crippen molar-refractivity contribution in [3.05, 3.63) is 29.6 Å². The molecule has 0 atom stereocenters. The summed E-state index contributed by atoms with van der Waals surface area (Å²) in [5.74, 6) is -0.0392. The van der Waals surface area contributed by atoms with E-state index in [-0.39, 0.29) is 5.84 Å². The van der Waals surface area contributed by atoms with Crippen molar-refractivity contribution in [2.75, 3.05) is 13.1 Å². The lowest BCUT2D eigenvalue weighted by molar-refractivity contribution is 0.249. The molecule has 0 bridgehead atoms. The number of aromatic nitrogens is 1. The van der Waals surface area contributed by atoms with E-state index in [0.717, 1.165) is 5.56 Å². The number of nitrogens with zero attached hydrogens (tertiary/aromatic N) is 2. The number of nitrogens with one attached hydrogen (secondary N) is 2. The number of hydrogen-bond acceptors (Lipinski definition) is 5. The molecule has 1 heterocycles. The first-order valence-electron chi connectivity index (χ1n) is 5.31. The van der Waals surface area contributed by atoms with Crippen LogP contribution in [0.1, 0.15) is 11.3 Å². The zero-order valence-electron chi connectivity index (χ0n) is 9.76. The molecule has 1 rings (SSSR count). The van der Waals surface area contributed by atoms with Crippen molar-refractivity contribution in [3.63, 3.8) is 0 Å². The topological polar surface area (TPSA) is 139 Å². The molecule has 1 aromatic heterocycles. The molecule has 8 heteroatoms. The molecule has 0 aromatic carbocycles. The van der Waals surface area contributed by atoms with Crippen LogP contribution in [0, 0.1) is 0 Å². The van der Waals surface area contributed by atoms with Gasteiger partial charge in [-0.05, 0) is 11.6 Å². The van der Waals surface area contributed by atoms with Gasteiger partial charge in [-0.15, -0.1) is 0 Å². The first-order chi connectivity index (χ1) is 8.65. The Hall–Kier alpha value is -2.35. The fourth-order valence-corrected chi connectivity index (χ4v) is 1.36. The predicted molar refractivity (Wildman–Crippen MR) is 66.0 cm³/mol. The third-order valence-electron chi connectivity index (χ3n) is 2.16. The Morgan fingerprint density at radius 2 is 2.22 bits per heavy atom. The van der Waals surface area contributed by atoms with E-state index >= 15 is 0 Å². The molecule has 2 amide bonds. The predicted octanol–water partition coefficient (Wildman–Crippen LogP) is -1.07. The fraction of sp³-hybridized carbons (Fsp3) is 0.300. The molecule has 98 valence electrons. The number of amides is 2. The van der Waals surface area contributed by atoms with Gasteiger partial charge in [-0.25, -0.2) is 4.79 Å². The molecule has 0 saturated heterocycles. The van der Waals surface area contributed by atoms with E-state index in [1.165, 1.54) is 0 Å². The number of oxime groups is 1. The van der Waals surface area contributed by atoms with E-state index in [1.54, 1.807) is 12.3 Å². The van der Waals surface area contributed by atoms with Gasteiger partial charge in [-0.1, -0.05) is 11.2 Å². The first kappa shape index (κ1) is 13.7. The summed E-state index contributed by atoms with van der Waals surface area (Å²) >= 11 is 0. The van der Waals surface area contributed by atoms with Gasteiger partial charge >= 0.3 is 6.03 Å². The van der Waals surface area contributed by atoms with E-state index in [4.69, 9.17) is 16.7 Å². The molecule has 0 spiro atoms. The Kier molecular flexibility index (Phi) is 5.39. The number of carbonyl (C=O) groups excluding carboxylic acids is 1. The van der Waals surface area contributed by atoms with Gasteiger partial charge in [0.1, 0.15) is 5.69 Å². The molecule has 0 aliphatic heterocycles. The number of nitrogens with two attached hydrogens (primary N) is 2. The van der Waals surface area contributed by atoms with Crippen LogP contribution in [-0.2, 0) is 6.54 Å². The van der Waals surface area contributed by atoms with Crippen molar-refractivity contribution < 1.29 is 10.0 Å². The van der Waals surface area contributed by atoms with Crippen molar-refractivity contribution in [2.24, 2.45) is 16.6 Å².